The molecule has 3 nitrogen and oxygen atoms in total. The maximum absolute atomic E-state index is 4.56. The average Bonchev–Trinajstić information content (AvgIpc) is 3.09. The van der Waals surface area contributed by atoms with Crippen LogP contribution in [0, 0.1) is 0 Å². The van der Waals surface area contributed by atoms with Crippen molar-refractivity contribution in [1.29, 1.82) is 0 Å². The van der Waals surface area contributed by atoms with Crippen LogP contribution in [0.5, 0.6) is 0 Å². The van der Waals surface area contributed by atoms with E-state index in [1.54, 1.807) is 0 Å². The molecular weight excluding hydrogens is 258 g/mol. The lowest BCUT2D eigenvalue weighted by Gasteiger charge is -2.12. The lowest BCUT2D eigenvalue weighted by atomic mass is 10.0. The van der Waals surface area contributed by atoms with Gasteiger partial charge in [0.2, 0.25) is 0 Å². The molecule has 1 saturated heterocycles. The highest BCUT2D eigenvalue weighted by Gasteiger charge is 2.17. The van der Waals surface area contributed by atoms with Crippen LogP contribution >= 0.6 is 0 Å². The zero-order valence-corrected chi connectivity index (χ0v) is 11.8. The SMILES string of the molecule is c1ccc2c(-c3cc([C@H]4CCCN4)ccn3)cncc2c1. The van der Waals surface area contributed by atoms with Gasteiger partial charge in [-0.1, -0.05) is 24.3 Å². The second-order valence-electron chi connectivity index (χ2n) is 5.53. The molecule has 1 fully saturated rings. The molecule has 1 aliphatic heterocycles. The first-order chi connectivity index (χ1) is 10.4. The number of pyridine rings is 2. The summed E-state index contributed by atoms with van der Waals surface area (Å²) in [4.78, 5) is 8.92. The first-order valence-electron chi connectivity index (χ1n) is 7.44. The van der Waals surface area contributed by atoms with Crippen LogP contribution in [0.25, 0.3) is 22.0 Å². The van der Waals surface area contributed by atoms with E-state index in [4.69, 9.17) is 0 Å². The van der Waals surface area contributed by atoms with E-state index < -0.39 is 0 Å². The molecule has 0 radical (unpaired) electrons. The van der Waals surface area contributed by atoms with E-state index in [-0.39, 0.29) is 0 Å². The summed E-state index contributed by atoms with van der Waals surface area (Å²) in [6.45, 7) is 1.11. The molecular formula is C18H17N3. The Morgan fingerprint density at radius 1 is 1.10 bits per heavy atom. The van der Waals surface area contributed by atoms with Crippen molar-refractivity contribution >= 4 is 10.8 Å². The summed E-state index contributed by atoms with van der Waals surface area (Å²) in [5.74, 6) is 0. The molecule has 104 valence electrons. The number of fused-ring (bicyclic) bond motifs is 1. The quantitative estimate of drug-likeness (QED) is 0.774. The zero-order valence-electron chi connectivity index (χ0n) is 11.8. The third kappa shape index (κ3) is 2.30. The summed E-state index contributed by atoms with van der Waals surface area (Å²) >= 11 is 0. The van der Waals surface area contributed by atoms with Gasteiger partial charge in [0.1, 0.15) is 0 Å². The van der Waals surface area contributed by atoms with Gasteiger partial charge in [0.05, 0.1) is 5.69 Å². The number of hydrogen-bond donors (Lipinski definition) is 1. The Hall–Kier alpha value is -2.26. The standard InChI is InChI=1S/C18H17N3/c1-2-5-15-14(4-1)11-19-12-16(15)18-10-13(7-9-21-18)17-6-3-8-20-17/h1-2,4-5,7,9-12,17,20H,3,6,8H2/t17-/m1/s1. The van der Waals surface area contributed by atoms with Crippen LogP contribution in [0.2, 0.25) is 0 Å². The second-order valence-corrected chi connectivity index (χ2v) is 5.53. The monoisotopic (exact) mass is 275 g/mol. The highest BCUT2D eigenvalue weighted by Crippen LogP contribution is 2.29. The molecule has 1 aliphatic rings. The fourth-order valence-electron chi connectivity index (χ4n) is 3.10. The molecule has 1 atom stereocenters. The number of aromatic nitrogens is 2. The molecule has 1 N–H and O–H groups in total. The number of hydrogen-bond acceptors (Lipinski definition) is 3. The zero-order chi connectivity index (χ0) is 14.1. The highest BCUT2D eigenvalue weighted by molar-refractivity contribution is 5.94. The maximum atomic E-state index is 4.56. The third-order valence-corrected chi connectivity index (χ3v) is 4.19. The van der Waals surface area contributed by atoms with Gasteiger partial charge in [-0.3, -0.25) is 9.97 Å². The number of rotatable bonds is 2. The molecule has 0 saturated carbocycles. The van der Waals surface area contributed by atoms with Gasteiger partial charge >= 0.3 is 0 Å². The summed E-state index contributed by atoms with van der Waals surface area (Å²) in [5.41, 5.74) is 3.43. The number of nitrogens with one attached hydrogen (secondary N) is 1. The Morgan fingerprint density at radius 2 is 2.05 bits per heavy atom. The van der Waals surface area contributed by atoms with Crippen molar-refractivity contribution in [2.24, 2.45) is 0 Å². The second kappa shape index (κ2) is 5.26. The van der Waals surface area contributed by atoms with Gasteiger partial charge in [-0.25, -0.2) is 0 Å². The summed E-state index contributed by atoms with van der Waals surface area (Å²) in [6.07, 6.45) is 8.18. The minimum absolute atomic E-state index is 0.467. The minimum atomic E-state index is 0.467. The molecule has 0 amide bonds. The van der Waals surface area contributed by atoms with Crippen molar-refractivity contribution in [1.82, 2.24) is 15.3 Å². The average molecular weight is 275 g/mol. The van der Waals surface area contributed by atoms with Gasteiger partial charge in [0, 0.05) is 35.6 Å². The van der Waals surface area contributed by atoms with Crippen molar-refractivity contribution in [3.05, 3.63) is 60.6 Å². The summed E-state index contributed by atoms with van der Waals surface area (Å²) in [7, 11) is 0. The Morgan fingerprint density at radius 3 is 2.95 bits per heavy atom. The molecule has 1 aromatic carbocycles. The normalized spacial score (nSPS) is 18.2. The smallest absolute Gasteiger partial charge is 0.0727 e. The van der Waals surface area contributed by atoms with Gasteiger partial charge in [-0.2, -0.15) is 0 Å². The number of benzene rings is 1. The highest BCUT2D eigenvalue weighted by atomic mass is 14.9. The van der Waals surface area contributed by atoms with E-state index in [1.807, 2.05) is 24.7 Å². The van der Waals surface area contributed by atoms with Gasteiger partial charge in [0.25, 0.3) is 0 Å². The predicted molar refractivity (Wildman–Crippen MR) is 85.0 cm³/mol. The van der Waals surface area contributed by atoms with Crippen LogP contribution in [-0.4, -0.2) is 16.5 Å². The summed E-state index contributed by atoms with van der Waals surface area (Å²) in [5, 5.41) is 5.90. The van der Waals surface area contributed by atoms with E-state index in [1.165, 1.54) is 23.8 Å². The molecule has 21 heavy (non-hydrogen) atoms. The number of nitrogens with zero attached hydrogens (tertiary/aromatic N) is 2. The topological polar surface area (TPSA) is 37.8 Å². The van der Waals surface area contributed by atoms with E-state index in [2.05, 4.69) is 45.6 Å². The van der Waals surface area contributed by atoms with E-state index in [0.29, 0.717) is 6.04 Å². The Balaban J connectivity index is 1.83. The van der Waals surface area contributed by atoms with Gasteiger partial charge in [-0.15, -0.1) is 0 Å². The molecule has 4 rings (SSSR count). The molecule has 3 heterocycles. The molecule has 0 aliphatic carbocycles. The van der Waals surface area contributed by atoms with E-state index >= 15 is 0 Å². The van der Waals surface area contributed by atoms with Gasteiger partial charge in [-0.05, 0) is 42.5 Å². The lowest BCUT2D eigenvalue weighted by Crippen LogP contribution is -2.12. The van der Waals surface area contributed by atoms with Gasteiger partial charge in [0.15, 0.2) is 0 Å². The van der Waals surface area contributed by atoms with Crippen LogP contribution in [0.3, 0.4) is 0 Å². The Bertz CT molecular complexity index is 771. The van der Waals surface area contributed by atoms with E-state index in [9.17, 15) is 0 Å². The van der Waals surface area contributed by atoms with Crippen LogP contribution in [0.15, 0.2) is 55.0 Å². The van der Waals surface area contributed by atoms with Gasteiger partial charge < -0.3 is 5.32 Å². The summed E-state index contributed by atoms with van der Waals surface area (Å²) in [6, 6.07) is 13.1. The van der Waals surface area contributed by atoms with Crippen LogP contribution in [-0.2, 0) is 0 Å². The van der Waals surface area contributed by atoms with Crippen molar-refractivity contribution in [2.75, 3.05) is 6.54 Å². The summed E-state index contributed by atoms with van der Waals surface area (Å²) < 4.78 is 0. The molecule has 0 spiro atoms. The molecule has 0 unspecified atom stereocenters. The van der Waals surface area contributed by atoms with Crippen molar-refractivity contribution < 1.29 is 0 Å². The molecule has 3 aromatic rings. The third-order valence-electron chi connectivity index (χ3n) is 4.19. The first kappa shape index (κ1) is 12.5. The van der Waals surface area contributed by atoms with E-state index in [0.717, 1.165) is 23.2 Å². The van der Waals surface area contributed by atoms with Crippen LogP contribution < -0.4 is 5.32 Å². The van der Waals surface area contributed by atoms with Crippen molar-refractivity contribution in [2.45, 2.75) is 18.9 Å². The fraction of sp³-hybridized carbons (Fsp3) is 0.222. The molecule has 2 aromatic heterocycles. The van der Waals surface area contributed by atoms with Crippen molar-refractivity contribution in [3.63, 3.8) is 0 Å². The minimum Gasteiger partial charge on any atom is -0.310 e. The van der Waals surface area contributed by atoms with Crippen LogP contribution in [0.4, 0.5) is 0 Å². The Labute approximate surface area is 124 Å². The predicted octanol–water partition coefficient (Wildman–Crippen LogP) is 3.72. The van der Waals surface area contributed by atoms with Crippen molar-refractivity contribution in [3.8, 4) is 11.3 Å². The fourth-order valence-corrected chi connectivity index (χ4v) is 3.10. The molecule has 3 heteroatoms. The molecule has 0 bridgehead atoms. The Kier molecular flexibility index (Phi) is 3.13. The lowest BCUT2D eigenvalue weighted by molar-refractivity contribution is 0.647. The van der Waals surface area contributed by atoms with Crippen LogP contribution in [0.1, 0.15) is 24.4 Å². The largest absolute Gasteiger partial charge is 0.310 e. The first-order valence-corrected chi connectivity index (χ1v) is 7.44. The maximum Gasteiger partial charge on any atom is 0.0727 e.